The molecule has 0 atom stereocenters. The lowest BCUT2D eigenvalue weighted by Crippen LogP contribution is -1.97. The molecule has 0 spiro atoms. The highest BCUT2D eigenvalue weighted by molar-refractivity contribution is 5.64. The molecule has 0 saturated carbocycles. The van der Waals surface area contributed by atoms with Gasteiger partial charge in [-0.2, -0.15) is 0 Å². The van der Waals surface area contributed by atoms with Gasteiger partial charge in [-0.15, -0.1) is 0 Å². The fraction of sp³-hybridized carbons (Fsp3) is 0.250. The van der Waals surface area contributed by atoms with Crippen LogP contribution in [0.25, 0.3) is 0 Å². The number of hydrogen-bond acceptors (Lipinski definition) is 8. The Labute approximate surface area is 134 Å². The number of non-ortho nitro benzene ring substituents is 1. The minimum atomic E-state index is -1.21. The van der Waals surface area contributed by atoms with E-state index in [9.17, 15) is 30.3 Å². The van der Waals surface area contributed by atoms with Crippen LogP contribution in [-0.2, 0) is 6.54 Å². The number of benzene rings is 1. The maximum atomic E-state index is 10.4. The molecule has 0 aliphatic carbocycles. The molecular weight excluding hydrogens is 326 g/mol. The quantitative estimate of drug-likeness (QED) is 0.653. The number of nitro benzene ring substituents is 3. The fourth-order valence-corrected chi connectivity index (χ4v) is 1.69. The van der Waals surface area contributed by atoms with Crippen LogP contribution >= 0.6 is 0 Å². The van der Waals surface area contributed by atoms with Crippen LogP contribution in [0.4, 0.5) is 17.1 Å². The van der Waals surface area contributed by atoms with Gasteiger partial charge in [-0.25, -0.2) is 4.98 Å². The van der Waals surface area contributed by atoms with Crippen molar-refractivity contribution in [3.8, 4) is 5.75 Å². The van der Waals surface area contributed by atoms with Gasteiger partial charge in [0, 0.05) is 18.4 Å². The first-order valence-corrected chi connectivity index (χ1v) is 6.45. The number of aromatic hydroxyl groups is 1. The van der Waals surface area contributed by atoms with Gasteiger partial charge in [0.1, 0.15) is 0 Å². The van der Waals surface area contributed by atoms with Gasteiger partial charge in [-0.05, 0) is 13.8 Å². The molecule has 2 rings (SSSR count). The first kappa shape index (κ1) is 18.5. The molecule has 24 heavy (non-hydrogen) atoms. The van der Waals surface area contributed by atoms with Crippen LogP contribution in [0.3, 0.4) is 0 Å². The van der Waals surface area contributed by atoms with E-state index in [-0.39, 0.29) is 0 Å². The molecule has 0 bridgehead atoms. The topological polar surface area (TPSA) is 167 Å². The maximum absolute atomic E-state index is 10.4. The molecule has 0 saturated heterocycles. The van der Waals surface area contributed by atoms with Gasteiger partial charge in [0.2, 0.25) is 0 Å². The lowest BCUT2D eigenvalue weighted by atomic mass is 10.2. The summed E-state index contributed by atoms with van der Waals surface area (Å²) in [4.78, 5) is 31.7. The number of phenols is 1. The van der Waals surface area contributed by atoms with E-state index in [2.05, 4.69) is 23.4 Å². The summed E-state index contributed by atoms with van der Waals surface area (Å²) in [6, 6.07) is 0.894. The van der Waals surface area contributed by atoms with Crippen molar-refractivity contribution in [2.75, 3.05) is 0 Å². The summed E-state index contributed by atoms with van der Waals surface area (Å²) in [5, 5.41) is 40.2. The van der Waals surface area contributed by atoms with Crippen LogP contribution in [0.15, 0.2) is 24.7 Å². The van der Waals surface area contributed by atoms with E-state index in [0.717, 1.165) is 6.54 Å². The monoisotopic (exact) mass is 339 g/mol. The van der Waals surface area contributed by atoms with Gasteiger partial charge in [-0.1, -0.05) is 0 Å². The summed E-state index contributed by atoms with van der Waals surface area (Å²) < 4.78 is 2.10. The van der Waals surface area contributed by atoms with E-state index in [1.165, 1.54) is 5.69 Å². The number of rotatable bonds is 4. The molecule has 0 aliphatic heterocycles. The highest BCUT2D eigenvalue weighted by Gasteiger charge is 2.30. The second kappa shape index (κ2) is 7.62. The van der Waals surface area contributed by atoms with Gasteiger partial charge in [0.25, 0.3) is 11.4 Å². The number of phenolic OH excluding ortho intramolecular Hbond substituents is 1. The van der Waals surface area contributed by atoms with E-state index in [1.54, 1.807) is 0 Å². The van der Waals surface area contributed by atoms with E-state index < -0.39 is 37.6 Å². The Hall–Kier alpha value is -3.57. The van der Waals surface area contributed by atoms with Crippen LogP contribution in [0.2, 0.25) is 0 Å². The van der Waals surface area contributed by atoms with Crippen LogP contribution < -0.4 is 0 Å². The molecule has 0 unspecified atom stereocenters. The molecule has 0 fully saturated rings. The number of nitrogens with zero attached hydrogens (tertiary/aromatic N) is 5. The molecule has 12 nitrogen and oxygen atoms in total. The van der Waals surface area contributed by atoms with Crippen LogP contribution in [-0.4, -0.2) is 29.4 Å². The molecule has 1 aromatic carbocycles. The number of aryl methyl sites for hydroxylation is 2. The smallest absolute Gasteiger partial charge is 0.324 e. The summed E-state index contributed by atoms with van der Waals surface area (Å²) in [5.74, 6) is -1.21. The highest BCUT2D eigenvalue weighted by atomic mass is 16.6. The number of nitro groups is 3. The normalized spacial score (nSPS) is 9.75. The van der Waals surface area contributed by atoms with Crippen molar-refractivity contribution in [2.24, 2.45) is 0 Å². The molecule has 1 N–H and O–H groups in total. The zero-order chi connectivity index (χ0) is 18.4. The third-order valence-electron chi connectivity index (χ3n) is 2.92. The van der Waals surface area contributed by atoms with Crippen LogP contribution in [0.5, 0.6) is 5.75 Å². The van der Waals surface area contributed by atoms with E-state index in [0.29, 0.717) is 12.1 Å². The van der Waals surface area contributed by atoms with Gasteiger partial charge in [0.15, 0.2) is 0 Å². The zero-order valence-corrected chi connectivity index (χ0v) is 12.6. The molecule has 0 radical (unpaired) electrons. The summed E-state index contributed by atoms with van der Waals surface area (Å²) in [7, 11) is 0. The van der Waals surface area contributed by atoms with Gasteiger partial charge < -0.3 is 9.67 Å². The average Bonchev–Trinajstić information content (AvgIpc) is 2.92. The van der Waals surface area contributed by atoms with Crippen molar-refractivity contribution < 1.29 is 19.9 Å². The summed E-state index contributed by atoms with van der Waals surface area (Å²) in [5.41, 5.74) is -1.77. The predicted molar refractivity (Wildman–Crippen MR) is 80.7 cm³/mol. The van der Waals surface area contributed by atoms with Crippen molar-refractivity contribution in [3.63, 3.8) is 0 Å². The lowest BCUT2D eigenvalue weighted by molar-refractivity contribution is -0.404. The van der Waals surface area contributed by atoms with E-state index in [1.807, 2.05) is 12.5 Å². The van der Waals surface area contributed by atoms with E-state index >= 15 is 0 Å². The molecule has 128 valence electrons. The molecule has 2 aromatic rings. The Morgan fingerprint density at radius 2 is 1.58 bits per heavy atom. The minimum absolute atomic E-state index is 0.447. The van der Waals surface area contributed by atoms with Gasteiger partial charge in [0.05, 0.1) is 33.2 Å². The molecule has 0 amide bonds. The van der Waals surface area contributed by atoms with Crippen molar-refractivity contribution in [1.29, 1.82) is 0 Å². The molecular formula is C12H13N5O7. The maximum Gasteiger partial charge on any atom is 0.324 e. The highest BCUT2D eigenvalue weighted by Crippen LogP contribution is 2.38. The number of hydrogen-bond donors (Lipinski definition) is 1. The standard InChI is InChI=1S/C6H3N3O7.C6H10N2/c10-6-4(8(13)14)1-3(7(11)12)2-5(6)9(15)16;1-3-8-5-7-4-6(8)2/h1-2,10H;4-5H,3H2,1-2H3. The Bertz CT molecular complexity index is 751. The minimum Gasteiger partial charge on any atom is -0.497 e. The third kappa shape index (κ3) is 4.22. The third-order valence-corrected chi connectivity index (χ3v) is 2.92. The van der Waals surface area contributed by atoms with Crippen molar-refractivity contribution in [1.82, 2.24) is 9.55 Å². The SMILES string of the molecule is CCn1cncc1C.O=[N+]([O-])c1cc([N+](=O)[O-])c(O)c([N+](=O)[O-])c1. The second-order valence-corrected chi connectivity index (χ2v) is 4.42. The van der Waals surface area contributed by atoms with Crippen LogP contribution in [0.1, 0.15) is 12.6 Å². The molecule has 12 heteroatoms. The van der Waals surface area contributed by atoms with E-state index in [4.69, 9.17) is 5.11 Å². The molecule has 1 aromatic heterocycles. The Morgan fingerprint density at radius 3 is 1.83 bits per heavy atom. The average molecular weight is 339 g/mol. The lowest BCUT2D eigenvalue weighted by Gasteiger charge is -1.97. The zero-order valence-electron chi connectivity index (χ0n) is 12.6. The van der Waals surface area contributed by atoms with Crippen LogP contribution in [0, 0.1) is 37.3 Å². The summed E-state index contributed by atoms with van der Waals surface area (Å²) in [6.45, 7) is 5.18. The summed E-state index contributed by atoms with van der Waals surface area (Å²) >= 11 is 0. The predicted octanol–water partition coefficient (Wildman–Crippen LogP) is 2.33. The molecule has 0 aliphatic rings. The Kier molecular flexibility index (Phi) is 5.87. The van der Waals surface area contributed by atoms with Crippen molar-refractivity contribution >= 4 is 17.1 Å². The molecule has 1 heterocycles. The number of imidazole rings is 1. The van der Waals surface area contributed by atoms with Crippen molar-refractivity contribution in [3.05, 3.63) is 60.7 Å². The van der Waals surface area contributed by atoms with Crippen molar-refractivity contribution in [2.45, 2.75) is 20.4 Å². The number of aromatic nitrogens is 2. The van der Waals surface area contributed by atoms with Gasteiger partial charge in [-0.3, -0.25) is 30.3 Å². The Balaban J connectivity index is 0.000000300. The fourth-order valence-electron chi connectivity index (χ4n) is 1.69. The Morgan fingerprint density at radius 1 is 1.08 bits per heavy atom. The second-order valence-electron chi connectivity index (χ2n) is 4.42. The first-order valence-electron chi connectivity index (χ1n) is 6.45. The van der Waals surface area contributed by atoms with Gasteiger partial charge >= 0.3 is 11.4 Å². The first-order chi connectivity index (χ1) is 11.2. The summed E-state index contributed by atoms with van der Waals surface area (Å²) in [6.07, 6.45) is 3.71. The largest absolute Gasteiger partial charge is 0.497 e.